The summed E-state index contributed by atoms with van der Waals surface area (Å²) in [6, 6.07) is 0.812. The van der Waals surface area contributed by atoms with Gasteiger partial charge in [-0.2, -0.15) is 11.8 Å². The van der Waals surface area contributed by atoms with E-state index in [4.69, 9.17) is 0 Å². The first-order valence-electron chi connectivity index (χ1n) is 6.56. The third-order valence-corrected chi connectivity index (χ3v) is 5.56. The quantitative estimate of drug-likeness (QED) is 0.795. The van der Waals surface area contributed by atoms with E-state index in [1.54, 1.807) is 0 Å². The third kappa shape index (κ3) is 2.91. The Bertz CT molecular complexity index is 181. The molecule has 0 spiro atoms. The van der Waals surface area contributed by atoms with Crippen LogP contribution < -0.4 is 5.32 Å². The molecule has 0 amide bonds. The lowest BCUT2D eigenvalue weighted by Crippen LogP contribution is -2.41. The van der Waals surface area contributed by atoms with Crippen LogP contribution in [0.1, 0.15) is 39.0 Å². The van der Waals surface area contributed by atoms with Gasteiger partial charge in [-0.3, -0.25) is 0 Å². The molecule has 2 rings (SSSR count). The predicted molar refractivity (Wildman–Crippen MR) is 69.4 cm³/mol. The van der Waals surface area contributed by atoms with Crippen LogP contribution in [0.25, 0.3) is 0 Å². The number of nitrogens with one attached hydrogen (secondary N) is 1. The van der Waals surface area contributed by atoms with Crippen molar-refractivity contribution in [1.82, 2.24) is 5.32 Å². The lowest BCUT2D eigenvalue weighted by atomic mass is 9.75. The van der Waals surface area contributed by atoms with Gasteiger partial charge in [0, 0.05) is 6.04 Å². The molecule has 88 valence electrons. The number of hydrogen-bond acceptors (Lipinski definition) is 2. The molecular weight excluding hydrogens is 202 g/mol. The van der Waals surface area contributed by atoms with E-state index in [0.29, 0.717) is 0 Å². The van der Waals surface area contributed by atoms with Crippen LogP contribution >= 0.6 is 11.8 Å². The van der Waals surface area contributed by atoms with E-state index in [0.717, 1.165) is 23.8 Å². The molecule has 0 aromatic rings. The van der Waals surface area contributed by atoms with Gasteiger partial charge >= 0.3 is 0 Å². The standard InChI is InChI=1S/C13H25NS/c1-10-3-5-11(6-4-10)13(14-2)12-7-8-15-9-12/h10-14H,3-9H2,1-2H3. The zero-order valence-corrected chi connectivity index (χ0v) is 11.0. The van der Waals surface area contributed by atoms with Crippen molar-refractivity contribution in [3.63, 3.8) is 0 Å². The van der Waals surface area contributed by atoms with Crippen LogP contribution in [0.15, 0.2) is 0 Å². The van der Waals surface area contributed by atoms with Gasteiger partial charge in [-0.25, -0.2) is 0 Å². The maximum Gasteiger partial charge on any atom is 0.0129 e. The van der Waals surface area contributed by atoms with Gasteiger partial charge in [0.25, 0.3) is 0 Å². The van der Waals surface area contributed by atoms with Crippen LogP contribution in [-0.4, -0.2) is 24.6 Å². The fraction of sp³-hybridized carbons (Fsp3) is 1.00. The molecule has 2 unspecified atom stereocenters. The lowest BCUT2D eigenvalue weighted by molar-refractivity contribution is 0.199. The van der Waals surface area contributed by atoms with Crippen molar-refractivity contribution in [2.45, 2.75) is 45.1 Å². The van der Waals surface area contributed by atoms with Gasteiger partial charge in [0.2, 0.25) is 0 Å². The molecule has 1 nitrogen and oxygen atoms in total. The van der Waals surface area contributed by atoms with Crippen molar-refractivity contribution < 1.29 is 0 Å². The summed E-state index contributed by atoms with van der Waals surface area (Å²) in [5, 5.41) is 3.62. The molecular formula is C13H25NS. The Hall–Kier alpha value is 0.310. The minimum Gasteiger partial charge on any atom is -0.316 e. The molecule has 2 heteroatoms. The number of thioether (sulfide) groups is 1. The van der Waals surface area contributed by atoms with Gasteiger partial charge in [-0.05, 0) is 55.6 Å². The largest absolute Gasteiger partial charge is 0.316 e. The van der Waals surface area contributed by atoms with E-state index in [1.165, 1.54) is 43.6 Å². The fourth-order valence-corrected chi connectivity index (χ4v) is 4.65. The maximum atomic E-state index is 3.62. The van der Waals surface area contributed by atoms with Gasteiger partial charge in [0.1, 0.15) is 0 Å². The molecule has 2 fully saturated rings. The monoisotopic (exact) mass is 227 g/mol. The lowest BCUT2D eigenvalue weighted by Gasteiger charge is -2.35. The smallest absolute Gasteiger partial charge is 0.0129 e. The van der Waals surface area contributed by atoms with Crippen molar-refractivity contribution in [2.75, 3.05) is 18.6 Å². The maximum absolute atomic E-state index is 3.62. The first-order chi connectivity index (χ1) is 7.31. The second kappa shape index (κ2) is 5.58. The van der Waals surface area contributed by atoms with E-state index in [-0.39, 0.29) is 0 Å². The van der Waals surface area contributed by atoms with E-state index < -0.39 is 0 Å². The summed E-state index contributed by atoms with van der Waals surface area (Å²) in [5.74, 6) is 5.70. The van der Waals surface area contributed by atoms with Crippen molar-refractivity contribution >= 4 is 11.8 Å². The van der Waals surface area contributed by atoms with Crippen molar-refractivity contribution in [3.05, 3.63) is 0 Å². The minimum absolute atomic E-state index is 0.812. The highest BCUT2D eigenvalue weighted by Crippen LogP contribution is 2.36. The Kier molecular flexibility index (Phi) is 4.39. The van der Waals surface area contributed by atoms with Crippen molar-refractivity contribution in [3.8, 4) is 0 Å². The average molecular weight is 227 g/mol. The van der Waals surface area contributed by atoms with Crippen LogP contribution in [0.4, 0.5) is 0 Å². The summed E-state index contributed by atoms with van der Waals surface area (Å²) in [6.45, 7) is 2.41. The van der Waals surface area contributed by atoms with Crippen LogP contribution in [0.3, 0.4) is 0 Å². The molecule has 1 saturated heterocycles. The predicted octanol–water partition coefficient (Wildman–Crippen LogP) is 3.15. The van der Waals surface area contributed by atoms with Gasteiger partial charge in [0.05, 0.1) is 0 Å². The highest BCUT2D eigenvalue weighted by molar-refractivity contribution is 7.99. The first-order valence-corrected chi connectivity index (χ1v) is 7.71. The molecule has 0 bridgehead atoms. The SMILES string of the molecule is CNC(C1CCC(C)CC1)C1CCSC1. The Labute approximate surface area is 98.8 Å². The summed E-state index contributed by atoms with van der Waals surface area (Å²) in [7, 11) is 2.17. The van der Waals surface area contributed by atoms with Crippen LogP contribution in [-0.2, 0) is 0 Å². The van der Waals surface area contributed by atoms with Gasteiger partial charge in [-0.1, -0.05) is 19.8 Å². The second-order valence-electron chi connectivity index (χ2n) is 5.46. The summed E-state index contributed by atoms with van der Waals surface area (Å²) in [6.07, 6.45) is 7.30. The summed E-state index contributed by atoms with van der Waals surface area (Å²) >= 11 is 2.15. The molecule has 1 aliphatic heterocycles. The number of hydrogen-bond donors (Lipinski definition) is 1. The van der Waals surface area contributed by atoms with E-state index in [9.17, 15) is 0 Å². The van der Waals surface area contributed by atoms with Crippen molar-refractivity contribution in [2.24, 2.45) is 17.8 Å². The molecule has 0 aromatic heterocycles. The minimum atomic E-state index is 0.812. The van der Waals surface area contributed by atoms with Crippen LogP contribution in [0.2, 0.25) is 0 Å². The highest BCUT2D eigenvalue weighted by Gasteiger charge is 2.32. The molecule has 1 aliphatic carbocycles. The molecule has 15 heavy (non-hydrogen) atoms. The summed E-state index contributed by atoms with van der Waals surface area (Å²) in [5.41, 5.74) is 0. The first kappa shape index (κ1) is 11.8. The normalized spacial score (nSPS) is 39.2. The van der Waals surface area contributed by atoms with E-state index >= 15 is 0 Å². The van der Waals surface area contributed by atoms with Crippen LogP contribution in [0.5, 0.6) is 0 Å². The number of rotatable bonds is 3. The van der Waals surface area contributed by atoms with Gasteiger partial charge < -0.3 is 5.32 Å². The Morgan fingerprint density at radius 2 is 1.80 bits per heavy atom. The zero-order valence-electron chi connectivity index (χ0n) is 10.2. The Balaban J connectivity index is 1.88. The van der Waals surface area contributed by atoms with Crippen molar-refractivity contribution in [1.29, 1.82) is 0 Å². The molecule has 1 heterocycles. The Morgan fingerprint density at radius 3 is 2.33 bits per heavy atom. The van der Waals surface area contributed by atoms with Gasteiger partial charge in [0.15, 0.2) is 0 Å². The van der Waals surface area contributed by atoms with Gasteiger partial charge in [-0.15, -0.1) is 0 Å². The highest BCUT2D eigenvalue weighted by atomic mass is 32.2. The molecule has 1 saturated carbocycles. The van der Waals surface area contributed by atoms with E-state index in [2.05, 4.69) is 31.1 Å². The topological polar surface area (TPSA) is 12.0 Å². The molecule has 2 atom stereocenters. The van der Waals surface area contributed by atoms with E-state index in [1.807, 2.05) is 0 Å². The average Bonchev–Trinajstić information content (AvgIpc) is 2.75. The molecule has 0 radical (unpaired) electrons. The zero-order chi connectivity index (χ0) is 10.7. The fourth-order valence-electron chi connectivity index (χ4n) is 3.34. The summed E-state index contributed by atoms with van der Waals surface area (Å²) < 4.78 is 0. The second-order valence-corrected chi connectivity index (χ2v) is 6.61. The Morgan fingerprint density at radius 1 is 1.07 bits per heavy atom. The molecule has 1 N–H and O–H groups in total. The molecule has 2 aliphatic rings. The van der Waals surface area contributed by atoms with Crippen LogP contribution in [0, 0.1) is 17.8 Å². The third-order valence-electron chi connectivity index (χ3n) is 4.37. The molecule has 0 aromatic carbocycles. The summed E-state index contributed by atoms with van der Waals surface area (Å²) in [4.78, 5) is 0.